The fourth-order valence-electron chi connectivity index (χ4n) is 4.44. The highest BCUT2D eigenvalue weighted by Gasteiger charge is 2.38. The smallest absolute Gasteiger partial charge is 0.408 e. The molecule has 1 unspecified atom stereocenters. The molecule has 2 aromatic rings. The number of sulfone groups is 1. The number of carbonyl (C=O) groups is 1. The zero-order chi connectivity index (χ0) is 28.5. The van der Waals surface area contributed by atoms with Crippen molar-refractivity contribution in [1.29, 1.82) is 0 Å². The average molecular weight is 581 g/mol. The molecule has 0 radical (unpaired) electrons. The minimum Gasteiger partial charge on any atom is -0.496 e. The van der Waals surface area contributed by atoms with E-state index in [-0.39, 0.29) is 41.5 Å². The standard InChI is InChI=1S/C24H32ClF3N4O5S/c1-5-32-21(17-7-6-15(12-18(17)37-3)30-14(2)24(26,27)28)19(25)20(31-32)22(33)29-13-23(34)10-8-16(9-11-23)38(4,35)36/h6-7,12,14,16,30,34H,5,8-11,13H2,1-4H3,(H,29,33). The van der Waals surface area contributed by atoms with E-state index in [2.05, 4.69) is 15.7 Å². The number of methoxy groups -OCH3 is 1. The normalized spacial score (nSPS) is 21.1. The van der Waals surface area contributed by atoms with Gasteiger partial charge in [-0.3, -0.25) is 9.48 Å². The number of aryl methyl sites for hydroxylation is 1. The van der Waals surface area contributed by atoms with Crippen LogP contribution in [0.25, 0.3) is 11.3 Å². The van der Waals surface area contributed by atoms with Crippen molar-refractivity contribution in [2.45, 2.75) is 69.1 Å². The van der Waals surface area contributed by atoms with Crippen LogP contribution in [0.3, 0.4) is 0 Å². The van der Waals surface area contributed by atoms with Crippen LogP contribution >= 0.6 is 11.6 Å². The van der Waals surface area contributed by atoms with Gasteiger partial charge < -0.3 is 20.5 Å². The highest BCUT2D eigenvalue weighted by atomic mass is 35.5. The van der Waals surface area contributed by atoms with Crippen LogP contribution in [-0.4, -0.2) is 72.2 Å². The third kappa shape index (κ3) is 6.73. The SMILES string of the molecule is CCn1nc(C(=O)NCC2(O)CCC(S(C)(=O)=O)CC2)c(Cl)c1-c1ccc(NC(C)C(F)(F)F)cc1OC. The molecular weight excluding hydrogens is 549 g/mol. The highest BCUT2D eigenvalue weighted by Crippen LogP contribution is 2.39. The van der Waals surface area contributed by atoms with E-state index in [1.165, 1.54) is 36.2 Å². The number of hydrogen-bond acceptors (Lipinski definition) is 7. The molecule has 1 aromatic heterocycles. The summed E-state index contributed by atoms with van der Waals surface area (Å²) in [6, 6.07) is 2.60. The maximum absolute atomic E-state index is 13.0. The first-order valence-electron chi connectivity index (χ1n) is 12.1. The van der Waals surface area contributed by atoms with Gasteiger partial charge in [-0.05, 0) is 51.7 Å². The maximum Gasteiger partial charge on any atom is 0.408 e. The Labute approximate surface area is 224 Å². The molecule has 1 aliphatic carbocycles. The molecule has 3 rings (SSSR count). The van der Waals surface area contributed by atoms with Crippen LogP contribution in [0.4, 0.5) is 18.9 Å². The summed E-state index contributed by atoms with van der Waals surface area (Å²) in [7, 11) is -1.84. The van der Waals surface area contributed by atoms with Crippen LogP contribution < -0.4 is 15.4 Å². The Kier molecular flexibility index (Phi) is 8.94. The van der Waals surface area contributed by atoms with Crippen molar-refractivity contribution in [1.82, 2.24) is 15.1 Å². The minimum atomic E-state index is -4.43. The number of aromatic nitrogens is 2. The van der Waals surface area contributed by atoms with Crippen molar-refractivity contribution < 1.29 is 36.2 Å². The summed E-state index contributed by atoms with van der Waals surface area (Å²) >= 11 is 6.58. The van der Waals surface area contributed by atoms with E-state index in [0.29, 0.717) is 30.6 Å². The van der Waals surface area contributed by atoms with Crippen LogP contribution in [0.15, 0.2) is 18.2 Å². The van der Waals surface area contributed by atoms with Crippen molar-refractivity contribution in [2.75, 3.05) is 25.2 Å². The number of anilines is 1. The van der Waals surface area contributed by atoms with Crippen LogP contribution in [0.5, 0.6) is 5.75 Å². The van der Waals surface area contributed by atoms with Gasteiger partial charge in [-0.1, -0.05) is 11.6 Å². The number of benzene rings is 1. The first kappa shape index (κ1) is 30.0. The number of nitrogens with one attached hydrogen (secondary N) is 2. The van der Waals surface area contributed by atoms with E-state index in [1.54, 1.807) is 6.92 Å². The van der Waals surface area contributed by atoms with E-state index < -0.39 is 38.8 Å². The lowest BCUT2D eigenvalue weighted by Gasteiger charge is -2.35. The fourth-order valence-corrected chi connectivity index (χ4v) is 5.86. The molecule has 0 aliphatic heterocycles. The molecule has 1 fully saturated rings. The largest absolute Gasteiger partial charge is 0.496 e. The van der Waals surface area contributed by atoms with Gasteiger partial charge in [0.2, 0.25) is 0 Å². The molecule has 9 nitrogen and oxygen atoms in total. The van der Waals surface area contributed by atoms with Gasteiger partial charge in [0.15, 0.2) is 5.69 Å². The molecule has 0 spiro atoms. The third-order valence-electron chi connectivity index (χ3n) is 6.79. The van der Waals surface area contributed by atoms with E-state index >= 15 is 0 Å². The molecule has 1 amide bonds. The minimum absolute atomic E-state index is 0.0137. The second-order valence-corrected chi connectivity index (χ2v) is 12.3. The maximum atomic E-state index is 13.0. The Balaban J connectivity index is 1.81. The number of ether oxygens (including phenoxy) is 1. The van der Waals surface area contributed by atoms with Crippen LogP contribution in [0.1, 0.15) is 50.0 Å². The highest BCUT2D eigenvalue weighted by molar-refractivity contribution is 7.91. The Morgan fingerprint density at radius 2 is 1.97 bits per heavy atom. The summed E-state index contributed by atoms with van der Waals surface area (Å²) in [6.07, 6.45) is -2.22. The number of aliphatic hydroxyl groups is 1. The molecule has 1 aromatic carbocycles. The topological polar surface area (TPSA) is 123 Å². The van der Waals surface area contributed by atoms with Crippen molar-refractivity contribution in [2.24, 2.45) is 0 Å². The van der Waals surface area contributed by atoms with Crippen molar-refractivity contribution in [3.63, 3.8) is 0 Å². The van der Waals surface area contributed by atoms with Gasteiger partial charge in [-0.25, -0.2) is 8.42 Å². The molecule has 0 saturated heterocycles. The molecule has 3 N–H and O–H groups in total. The summed E-state index contributed by atoms with van der Waals surface area (Å²) < 4.78 is 69.3. The zero-order valence-corrected chi connectivity index (χ0v) is 23.1. The Hall–Kier alpha value is -2.51. The van der Waals surface area contributed by atoms with Gasteiger partial charge in [-0.2, -0.15) is 18.3 Å². The van der Waals surface area contributed by atoms with E-state index in [0.717, 1.165) is 6.92 Å². The van der Waals surface area contributed by atoms with Crippen molar-refractivity contribution in [3.05, 3.63) is 28.9 Å². The molecule has 1 atom stereocenters. The van der Waals surface area contributed by atoms with E-state index in [9.17, 15) is 31.5 Å². The summed E-state index contributed by atoms with van der Waals surface area (Å²) in [5, 5.41) is 19.7. The van der Waals surface area contributed by atoms with Crippen molar-refractivity contribution >= 4 is 33.0 Å². The molecule has 1 heterocycles. The zero-order valence-electron chi connectivity index (χ0n) is 21.5. The molecule has 1 saturated carbocycles. The van der Waals surface area contributed by atoms with Crippen LogP contribution in [-0.2, 0) is 16.4 Å². The van der Waals surface area contributed by atoms with E-state index in [4.69, 9.17) is 16.3 Å². The van der Waals surface area contributed by atoms with Crippen molar-refractivity contribution in [3.8, 4) is 17.0 Å². The monoisotopic (exact) mass is 580 g/mol. The number of carbonyl (C=O) groups excluding carboxylic acids is 1. The Morgan fingerprint density at radius 1 is 1.34 bits per heavy atom. The lowest BCUT2D eigenvalue weighted by Crippen LogP contribution is -2.47. The summed E-state index contributed by atoms with van der Waals surface area (Å²) in [5.41, 5.74) is -0.385. The first-order valence-corrected chi connectivity index (χ1v) is 14.4. The summed E-state index contributed by atoms with van der Waals surface area (Å²) in [4.78, 5) is 13.0. The average Bonchev–Trinajstić information content (AvgIpc) is 3.17. The second-order valence-electron chi connectivity index (χ2n) is 9.59. The van der Waals surface area contributed by atoms with E-state index in [1.807, 2.05) is 0 Å². The number of alkyl halides is 3. The lowest BCUT2D eigenvalue weighted by atomic mass is 9.84. The van der Waals surface area contributed by atoms with Gasteiger partial charge in [0, 0.05) is 36.7 Å². The molecule has 38 heavy (non-hydrogen) atoms. The summed E-state index contributed by atoms with van der Waals surface area (Å²) in [6.45, 7) is 3.01. The lowest BCUT2D eigenvalue weighted by molar-refractivity contribution is -0.138. The van der Waals surface area contributed by atoms with Gasteiger partial charge in [0.05, 0.1) is 28.7 Å². The molecule has 212 valence electrons. The van der Waals surface area contributed by atoms with Gasteiger partial charge in [-0.15, -0.1) is 0 Å². The van der Waals surface area contributed by atoms with Gasteiger partial charge in [0.25, 0.3) is 5.91 Å². The predicted octanol–water partition coefficient (Wildman–Crippen LogP) is 4.04. The second kappa shape index (κ2) is 11.3. The Morgan fingerprint density at radius 3 is 2.50 bits per heavy atom. The molecular formula is C24H32ClF3N4O5S. The number of halogens is 4. The number of nitrogens with zero attached hydrogens (tertiary/aromatic N) is 2. The molecule has 14 heteroatoms. The van der Waals surface area contributed by atoms with Crippen LogP contribution in [0.2, 0.25) is 5.02 Å². The fraction of sp³-hybridized carbons (Fsp3) is 0.583. The first-order chi connectivity index (χ1) is 17.6. The number of amides is 1. The third-order valence-corrected chi connectivity index (χ3v) is 8.83. The van der Waals surface area contributed by atoms with Crippen LogP contribution in [0, 0.1) is 0 Å². The molecule has 0 bridgehead atoms. The number of rotatable bonds is 9. The quantitative estimate of drug-likeness (QED) is 0.409. The predicted molar refractivity (Wildman–Crippen MR) is 138 cm³/mol. The summed E-state index contributed by atoms with van der Waals surface area (Å²) in [5.74, 6) is -0.400. The molecule has 1 aliphatic rings. The van der Waals surface area contributed by atoms with Gasteiger partial charge >= 0.3 is 6.18 Å². The number of hydrogen-bond donors (Lipinski definition) is 3. The van der Waals surface area contributed by atoms with Gasteiger partial charge in [0.1, 0.15) is 21.6 Å². The Bertz CT molecular complexity index is 1270.